The summed E-state index contributed by atoms with van der Waals surface area (Å²) in [5.74, 6) is 1.66. The maximum absolute atomic E-state index is 10.4. The fourth-order valence-corrected chi connectivity index (χ4v) is 4.61. The lowest BCUT2D eigenvalue weighted by molar-refractivity contribution is 0.162. The molecule has 0 bridgehead atoms. The number of rotatable bonds is 5. The minimum absolute atomic E-state index is 0.355. The molecule has 4 rings (SSSR count). The van der Waals surface area contributed by atoms with E-state index in [1.807, 2.05) is 17.5 Å². The highest BCUT2D eigenvalue weighted by Gasteiger charge is 2.32. The lowest BCUT2D eigenvalue weighted by Gasteiger charge is -2.25. The van der Waals surface area contributed by atoms with Gasteiger partial charge in [-0.25, -0.2) is 4.98 Å². The summed E-state index contributed by atoms with van der Waals surface area (Å²) in [4.78, 5) is 8.16. The van der Waals surface area contributed by atoms with Crippen molar-refractivity contribution in [2.24, 2.45) is 0 Å². The Morgan fingerprint density at radius 1 is 1.38 bits per heavy atom. The zero-order chi connectivity index (χ0) is 14.2. The fourth-order valence-electron chi connectivity index (χ4n) is 3.04. The third-order valence-corrected chi connectivity index (χ3v) is 6.10. The molecule has 0 amide bonds. The van der Waals surface area contributed by atoms with Crippen LogP contribution in [-0.2, 0) is 0 Å². The Hall–Kier alpha value is -0.980. The minimum Gasteiger partial charge on any atom is -0.387 e. The van der Waals surface area contributed by atoms with Gasteiger partial charge in [0.05, 0.1) is 6.10 Å². The SMILES string of the molecule is OC(CC1CCCN1c1nc(C2CC2)ns1)c1cccs1. The highest BCUT2D eigenvalue weighted by Crippen LogP contribution is 2.41. The van der Waals surface area contributed by atoms with E-state index in [-0.39, 0.29) is 6.10 Å². The van der Waals surface area contributed by atoms with Gasteiger partial charge >= 0.3 is 0 Å². The quantitative estimate of drug-likeness (QED) is 0.914. The molecule has 1 N–H and O–H groups in total. The van der Waals surface area contributed by atoms with E-state index in [0.717, 1.165) is 35.2 Å². The Morgan fingerprint density at radius 2 is 2.29 bits per heavy atom. The van der Waals surface area contributed by atoms with E-state index in [0.29, 0.717) is 12.0 Å². The van der Waals surface area contributed by atoms with Crippen molar-refractivity contribution in [1.82, 2.24) is 9.36 Å². The molecule has 2 aromatic heterocycles. The van der Waals surface area contributed by atoms with Gasteiger partial charge in [-0.3, -0.25) is 0 Å². The molecular weight excluding hydrogens is 302 g/mol. The number of aromatic nitrogens is 2. The average molecular weight is 321 g/mol. The van der Waals surface area contributed by atoms with Gasteiger partial charge in [-0.1, -0.05) is 6.07 Å². The summed E-state index contributed by atoms with van der Waals surface area (Å²) in [6.45, 7) is 1.04. The number of anilines is 1. The number of nitrogens with zero attached hydrogens (tertiary/aromatic N) is 3. The third kappa shape index (κ3) is 2.84. The Kier molecular flexibility index (Phi) is 3.69. The number of aliphatic hydroxyl groups excluding tert-OH is 1. The van der Waals surface area contributed by atoms with Crippen molar-refractivity contribution >= 4 is 28.0 Å². The molecule has 1 saturated carbocycles. The molecule has 112 valence electrons. The molecule has 2 atom stereocenters. The van der Waals surface area contributed by atoms with E-state index in [2.05, 4.69) is 9.27 Å². The fraction of sp³-hybridized carbons (Fsp3) is 0.600. The molecule has 4 nitrogen and oxygen atoms in total. The predicted molar refractivity (Wildman–Crippen MR) is 86.1 cm³/mol. The van der Waals surface area contributed by atoms with Crippen LogP contribution in [0.5, 0.6) is 0 Å². The molecule has 0 aromatic carbocycles. The van der Waals surface area contributed by atoms with E-state index in [9.17, 15) is 5.11 Å². The summed E-state index contributed by atoms with van der Waals surface area (Å²) >= 11 is 3.16. The van der Waals surface area contributed by atoms with Gasteiger partial charge in [-0.05, 0) is 43.6 Å². The number of aliphatic hydroxyl groups is 1. The Balaban J connectivity index is 1.46. The van der Waals surface area contributed by atoms with E-state index in [1.54, 1.807) is 11.3 Å². The first-order chi connectivity index (χ1) is 10.3. The van der Waals surface area contributed by atoms with Crippen LogP contribution in [0, 0.1) is 0 Å². The molecule has 3 heterocycles. The van der Waals surface area contributed by atoms with Gasteiger partial charge in [0, 0.05) is 34.9 Å². The molecule has 2 aromatic rings. The highest BCUT2D eigenvalue weighted by atomic mass is 32.1. The van der Waals surface area contributed by atoms with Gasteiger partial charge in [0.1, 0.15) is 5.82 Å². The molecule has 2 aliphatic rings. The van der Waals surface area contributed by atoms with Crippen molar-refractivity contribution in [2.45, 2.75) is 50.2 Å². The Bertz CT molecular complexity index is 594. The standard InChI is InChI=1S/C15H19N3OS2/c19-12(13-4-2-8-20-13)9-11-3-1-7-18(11)15-16-14(17-21-15)10-5-6-10/h2,4,8,10-12,19H,1,3,5-7,9H2. The van der Waals surface area contributed by atoms with Crippen LogP contribution in [0.1, 0.15) is 54.8 Å². The normalized spacial score (nSPS) is 23.7. The Labute approximate surface area is 132 Å². The van der Waals surface area contributed by atoms with Crippen LogP contribution >= 0.6 is 22.9 Å². The van der Waals surface area contributed by atoms with Crippen molar-refractivity contribution in [2.75, 3.05) is 11.4 Å². The van der Waals surface area contributed by atoms with Crippen molar-refractivity contribution in [3.8, 4) is 0 Å². The van der Waals surface area contributed by atoms with Crippen molar-refractivity contribution in [3.05, 3.63) is 28.2 Å². The third-order valence-electron chi connectivity index (χ3n) is 4.36. The minimum atomic E-state index is -0.355. The average Bonchev–Trinajstić information content (AvgIpc) is 2.95. The zero-order valence-electron chi connectivity index (χ0n) is 11.8. The molecule has 1 saturated heterocycles. The molecule has 2 unspecified atom stereocenters. The largest absolute Gasteiger partial charge is 0.387 e. The molecule has 1 aliphatic heterocycles. The van der Waals surface area contributed by atoms with Crippen LogP contribution in [-0.4, -0.2) is 27.1 Å². The lowest BCUT2D eigenvalue weighted by atomic mass is 10.1. The summed E-state index contributed by atoms with van der Waals surface area (Å²) in [5, 5.41) is 13.5. The first-order valence-electron chi connectivity index (χ1n) is 7.63. The number of thiophene rings is 1. The maximum atomic E-state index is 10.4. The van der Waals surface area contributed by atoms with Gasteiger partial charge in [-0.2, -0.15) is 4.37 Å². The van der Waals surface area contributed by atoms with Crippen LogP contribution in [0.2, 0.25) is 0 Å². The van der Waals surface area contributed by atoms with E-state index in [4.69, 9.17) is 4.98 Å². The topological polar surface area (TPSA) is 49.2 Å². The molecule has 0 radical (unpaired) electrons. The second kappa shape index (κ2) is 5.66. The summed E-state index contributed by atoms with van der Waals surface area (Å²) in [7, 11) is 0. The first kappa shape index (κ1) is 13.7. The number of hydrogen-bond donors (Lipinski definition) is 1. The van der Waals surface area contributed by atoms with Crippen LogP contribution in [0.15, 0.2) is 17.5 Å². The van der Waals surface area contributed by atoms with Gasteiger partial charge in [0.15, 0.2) is 0 Å². The van der Waals surface area contributed by atoms with Crippen molar-refractivity contribution < 1.29 is 5.11 Å². The monoisotopic (exact) mass is 321 g/mol. The molecule has 1 aliphatic carbocycles. The number of hydrogen-bond acceptors (Lipinski definition) is 6. The van der Waals surface area contributed by atoms with Gasteiger partial charge in [0.2, 0.25) is 5.13 Å². The summed E-state index contributed by atoms with van der Waals surface area (Å²) in [5.41, 5.74) is 0. The van der Waals surface area contributed by atoms with Crippen LogP contribution in [0.25, 0.3) is 0 Å². The van der Waals surface area contributed by atoms with Gasteiger partial charge < -0.3 is 10.0 Å². The molecule has 2 fully saturated rings. The summed E-state index contributed by atoms with van der Waals surface area (Å²) in [6, 6.07) is 4.41. The zero-order valence-corrected chi connectivity index (χ0v) is 13.4. The maximum Gasteiger partial charge on any atom is 0.205 e. The lowest BCUT2D eigenvalue weighted by Crippen LogP contribution is -2.30. The Morgan fingerprint density at radius 3 is 3.05 bits per heavy atom. The molecule has 0 spiro atoms. The van der Waals surface area contributed by atoms with E-state index < -0.39 is 0 Å². The van der Waals surface area contributed by atoms with E-state index >= 15 is 0 Å². The van der Waals surface area contributed by atoms with Crippen LogP contribution in [0.3, 0.4) is 0 Å². The van der Waals surface area contributed by atoms with Gasteiger partial charge in [-0.15, -0.1) is 11.3 Å². The first-order valence-corrected chi connectivity index (χ1v) is 9.28. The highest BCUT2D eigenvalue weighted by molar-refractivity contribution is 7.10. The van der Waals surface area contributed by atoms with E-state index in [1.165, 1.54) is 30.8 Å². The smallest absolute Gasteiger partial charge is 0.205 e. The predicted octanol–water partition coefficient (Wildman–Crippen LogP) is 3.57. The van der Waals surface area contributed by atoms with Gasteiger partial charge in [0.25, 0.3) is 0 Å². The van der Waals surface area contributed by atoms with Crippen LogP contribution in [0.4, 0.5) is 5.13 Å². The second-order valence-electron chi connectivity index (χ2n) is 5.97. The van der Waals surface area contributed by atoms with Crippen LogP contribution < -0.4 is 4.90 Å². The molecule has 6 heteroatoms. The van der Waals surface area contributed by atoms with Crippen molar-refractivity contribution in [3.63, 3.8) is 0 Å². The van der Waals surface area contributed by atoms with Crippen molar-refractivity contribution in [1.29, 1.82) is 0 Å². The summed E-state index contributed by atoms with van der Waals surface area (Å²) in [6.07, 6.45) is 5.25. The molecule has 21 heavy (non-hydrogen) atoms. The summed E-state index contributed by atoms with van der Waals surface area (Å²) < 4.78 is 4.51. The molecular formula is C15H19N3OS2. The second-order valence-corrected chi connectivity index (χ2v) is 7.68.